The summed E-state index contributed by atoms with van der Waals surface area (Å²) in [5, 5.41) is 30.8. The molecule has 26 heavy (non-hydrogen) atoms. The standard InChI is InChI=1S/C22H34O4/c1-13-10-15(23)11-14-4-5-16-17-7-9-22(26,12-19(24)25)20(17,2)8-6-18(16)21(13,14)3/h4,13,15-18,23,26H,5-12H2,1-3H3,(H,24,25)/t13-,15-,16-,17-,18-,20-,21-,22+/m0/s1. The Morgan fingerprint density at radius 3 is 2.62 bits per heavy atom. The average Bonchev–Trinajstić information content (AvgIpc) is 2.80. The molecule has 4 nitrogen and oxygen atoms in total. The first-order valence-electron chi connectivity index (χ1n) is 10.4. The Bertz CT molecular complexity index is 642. The van der Waals surface area contributed by atoms with Gasteiger partial charge in [0.05, 0.1) is 18.1 Å². The van der Waals surface area contributed by atoms with Gasteiger partial charge in [0.15, 0.2) is 0 Å². The van der Waals surface area contributed by atoms with E-state index >= 15 is 0 Å². The van der Waals surface area contributed by atoms with Gasteiger partial charge in [0.25, 0.3) is 0 Å². The van der Waals surface area contributed by atoms with Crippen LogP contribution < -0.4 is 0 Å². The molecule has 0 unspecified atom stereocenters. The third-order valence-electron chi connectivity index (χ3n) is 9.41. The second kappa shape index (κ2) is 5.81. The first-order chi connectivity index (χ1) is 12.1. The SMILES string of the molecule is C[C@H]1C[C@H](O)CC2=CC[C@@H]3[C@H](CC[C@@]4(C)[C@H]3CC[C@@]4(O)CC(=O)O)[C@]21C. The number of carboxylic acid groups (broad SMARTS) is 1. The van der Waals surface area contributed by atoms with Gasteiger partial charge in [-0.3, -0.25) is 4.79 Å². The minimum atomic E-state index is -1.06. The van der Waals surface area contributed by atoms with E-state index in [0.717, 1.165) is 38.5 Å². The van der Waals surface area contributed by atoms with Crippen LogP contribution in [0, 0.1) is 34.5 Å². The molecule has 4 rings (SSSR count). The predicted octanol–water partition coefficient (Wildman–Crippen LogP) is 3.76. The Hall–Kier alpha value is -0.870. The van der Waals surface area contributed by atoms with Crippen molar-refractivity contribution in [1.29, 1.82) is 0 Å². The molecule has 8 atom stereocenters. The van der Waals surface area contributed by atoms with Crippen LogP contribution in [0.2, 0.25) is 0 Å². The van der Waals surface area contributed by atoms with Crippen LogP contribution in [0.1, 0.15) is 72.1 Å². The summed E-state index contributed by atoms with van der Waals surface area (Å²) in [5.74, 6) is 1.11. The second-order valence-electron chi connectivity index (χ2n) is 10.2. The van der Waals surface area contributed by atoms with E-state index in [2.05, 4.69) is 26.8 Å². The van der Waals surface area contributed by atoms with E-state index in [1.165, 1.54) is 5.57 Å². The molecule has 0 saturated heterocycles. The molecule has 3 fully saturated rings. The van der Waals surface area contributed by atoms with Gasteiger partial charge in [0, 0.05) is 0 Å². The Balaban J connectivity index is 1.68. The summed E-state index contributed by atoms with van der Waals surface area (Å²) in [6, 6.07) is 0. The number of aliphatic hydroxyl groups excluding tert-OH is 1. The minimum Gasteiger partial charge on any atom is -0.481 e. The summed E-state index contributed by atoms with van der Waals surface area (Å²) in [6.45, 7) is 6.86. The Kier molecular flexibility index (Phi) is 4.13. The number of fused-ring (bicyclic) bond motifs is 5. The molecule has 4 aliphatic carbocycles. The number of allylic oxidation sites excluding steroid dienone is 1. The maximum Gasteiger partial charge on any atom is 0.306 e. The maximum atomic E-state index is 11.4. The predicted molar refractivity (Wildman–Crippen MR) is 99.5 cm³/mol. The number of carboxylic acids is 1. The van der Waals surface area contributed by atoms with Gasteiger partial charge in [0.2, 0.25) is 0 Å². The van der Waals surface area contributed by atoms with Gasteiger partial charge >= 0.3 is 5.97 Å². The van der Waals surface area contributed by atoms with Crippen molar-refractivity contribution in [1.82, 2.24) is 0 Å². The van der Waals surface area contributed by atoms with Crippen LogP contribution in [-0.4, -0.2) is 33.0 Å². The van der Waals surface area contributed by atoms with Crippen molar-refractivity contribution in [2.24, 2.45) is 34.5 Å². The van der Waals surface area contributed by atoms with Gasteiger partial charge in [0.1, 0.15) is 0 Å². The second-order valence-corrected chi connectivity index (χ2v) is 10.2. The van der Waals surface area contributed by atoms with Crippen LogP contribution in [0.5, 0.6) is 0 Å². The molecule has 0 amide bonds. The topological polar surface area (TPSA) is 77.8 Å². The fourth-order valence-corrected chi connectivity index (χ4v) is 7.72. The highest BCUT2D eigenvalue weighted by Gasteiger charge is 2.64. The molecule has 0 aromatic rings. The highest BCUT2D eigenvalue weighted by atomic mass is 16.4. The Morgan fingerprint density at radius 1 is 1.23 bits per heavy atom. The lowest BCUT2D eigenvalue weighted by atomic mass is 9.45. The molecule has 3 N–H and O–H groups in total. The molecule has 4 aliphatic rings. The lowest BCUT2D eigenvalue weighted by molar-refractivity contribution is -0.159. The van der Waals surface area contributed by atoms with Crippen LogP contribution in [0.25, 0.3) is 0 Å². The average molecular weight is 363 g/mol. The first kappa shape index (κ1) is 18.5. The molecule has 3 saturated carbocycles. The number of aliphatic carboxylic acids is 1. The number of carbonyl (C=O) groups is 1. The third-order valence-corrected chi connectivity index (χ3v) is 9.41. The number of rotatable bonds is 2. The molecule has 0 aliphatic heterocycles. The smallest absolute Gasteiger partial charge is 0.306 e. The zero-order valence-corrected chi connectivity index (χ0v) is 16.4. The van der Waals surface area contributed by atoms with Gasteiger partial charge in [-0.1, -0.05) is 32.4 Å². The van der Waals surface area contributed by atoms with Crippen LogP contribution >= 0.6 is 0 Å². The maximum absolute atomic E-state index is 11.4. The van der Waals surface area contributed by atoms with E-state index in [1.807, 2.05) is 0 Å². The Morgan fingerprint density at radius 2 is 1.92 bits per heavy atom. The van der Waals surface area contributed by atoms with E-state index in [9.17, 15) is 20.1 Å². The van der Waals surface area contributed by atoms with Gasteiger partial charge in [-0.25, -0.2) is 0 Å². The minimum absolute atomic E-state index is 0.127. The van der Waals surface area contributed by atoms with Crippen molar-refractivity contribution in [3.05, 3.63) is 11.6 Å². The van der Waals surface area contributed by atoms with E-state index in [4.69, 9.17) is 0 Å². The number of hydrogen-bond acceptors (Lipinski definition) is 3. The van der Waals surface area contributed by atoms with Crippen molar-refractivity contribution in [2.75, 3.05) is 0 Å². The molecule has 4 heteroatoms. The molecule has 0 aromatic carbocycles. The fraction of sp³-hybridized carbons (Fsp3) is 0.864. The normalized spacial score (nSPS) is 53.3. The largest absolute Gasteiger partial charge is 0.481 e. The molecular formula is C22H34O4. The molecular weight excluding hydrogens is 328 g/mol. The van der Waals surface area contributed by atoms with Crippen LogP contribution in [0.15, 0.2) is 11.6 Å². The quantitative estimate of drug-likeness (QED) is 0.654. The molecule has 0 aromatic heterocycles. The lowest BCUT2D eigenvalue weighted by Gasteiger charge is -2.60. The number of aliphatic hydroxyl groups is 2. The highest BCUT2D eigenvalue weighted by Crippen LogP contribution is 2.68. The third kappa shape index (κ3) is 2.30. The summed E-state index contributed by atoms with van der Waals surface area (Å²) >= 11 is 0. The van der Waals surface area contributed by atoms with Crippen molar-refractivity contribution < 1.29 is 20.1 Å². The molecule has 0 radical (unpaired) electrons. The Labute approximate surface area is 156 Å². The van der Waals surface area contributed by atoms with Gasteiger partial charge in [-0.2, -0.15) is 0 Å². The lowest BCUT2D eigenvalue weighted by Crippen LogP contribution is -2.56. The zero-order chi connectivity index (χ0) is 18.9. The van der Waals surface area contributed by atoms with Gasteiger partial charge in [-0.05, 0) is 79.4 Å². The summed E-state index contributed by atoms with van der Waals surface area (Å²) in [5.41, 5.74) is 0.253. The summed E-state index contributed by atoms with van der Waals surface area (Å²) < 4.78 is 0. The summed E-state index contributed by atoms with van der Waals surface area (Å²) in [6.07, 6.45) is 8.31. The molecule has 0 heterocycles. The molecule has 0 spiro atoms. The van der Waals surface area contributed by atoms with Crippen LogP contribution in [-0.2, 0) is 4.79 Å². The fourth-order valence-electron chi connectivity index (χ4n) is 7.72. The highest BCUT2D eigenvalue weighted by molar-refractivity contribution is 5.68. The van der Waals surface area contributed by atoms with E-state index < -0.39 is 11.6 Å². The molecule has 0 bridgehead atoms. The van der Waals surface area contributed by atoms with E-state index in [0.29, 0.717) is 30.1 Å². The van der Waals surface area contributed by atoms with E-state index in [1.54, 1.807) is 0 Å². The number of hydrogen-bond donors (Lipinski definition) is 3. The van der Waals surface area contributed by atoms with Crippen LogP contribution in [0.3, 0.4) is 0 Å². The van der Waals surface area contributed by atoms with Gasteiger partial charge < -0.3 is 15.3 Å². The van der Waals surface area contributed by atoms with Gasteiger partial charge in [-0.15, -0.1) is 0 Å². The van der Waals surface area contributed by atoms with Crippen molar-refractivity contribution in [2.45, 2.75) is 83.8 Å². The summed E-state index contributed by atoms with van der Waals surface area (Å²) in [7, 11) is 0. The van der Waals surface area contributed by atoms with E-state index in [-0.39, 0.29) is 23.4 Å². The van der Waals surface area contributed by atoms with Crippen LogP contribution in [0.4, 0.5) is 0 Å². The van der Waals surface area contributed by atoms with Crippen molar-refractivity contribution in [3.63, 3.8) is 0 Å². The van der Waals surface area contributed by atoms with Crippen molar-refractivity contribution in [3.8, 4) is 0 Å². The zero-order valence-electron chi connectivity index (χ0n) is 16.4. The molecule has 146 valence electrons. The summed E-state index contributed by atoms with van der Waals surface area (Å²) in [4.78, 5) is 11.4. The first-order valence-corrected chi connectivity index (χ1v) is 10.4. The monoisotopic (exact) mass is 362 g/mol. The van der Waals surface area contributed by atoms with Crippen molar-refractivity contribution >= 4 is 5.97 Å².